The molecule has 0 atom stereocenters. The number of ether oxygens (including phenoxy) is 1. The van der Waals surface area contributed by atoms with E-state index in [1.807, 2.05) is 19.1 Å². The quantitative estimate of drug-likeness (QED) is 0.603. The summed E-state index contributed by atoms with van der Waals surface area (Å²) >= 11 is 0. The molecule has 0 saturated heterocycles. The van der Waals surface area contributed by atoms with Gasteiger partial charge in [0.15, 0.2) is 12.0 Å². The standard InChI is InChI=1S/C24H25NO5/c1-15(2)18-7-5-17(6-8-18)10-11-25-23(27)14-29-24(28)22-13-20(26)19-12-16(3)4-9-21(19)30-22/h4-9,12-13,15H,10-11,14H2,1-3H3,(H,25,27). The van der Waals surface area contributed by atoms with Crippen molar-refractivity contribution < 1.29 is 18.7 Å². The number of hydrogen-bond donors (Lipinski definition) is 1. The van der Waals surface area contributed by atoms with Crippen LogP contribution in [0, 0.1) is 6.92 Å². The lowest BCUT2D eigenvalue weighted by atomic mass is 10.0. The van der Waals surface area contributed by atoms with E-state index in [0.29, 0.717) is 29.9 Å². The third-order valence-corrected chi connectivity index (χ3v) is 4.80. The zero-order valence-corrected chi connectivity index (χ0v) is 17.4. The zero-order valence-electron chi connectivity index (χ0n) is 17.4. The molecule has 3 aromatic rings. The topological polar surface area (TPSA) is 85.6 Å². The van der Waals surface area contributed by atoms with Crippen LogP contribution < -0.4 is 10.7 Å². The van der Waals surface area contributed by atoms with E-state index in [1.165, 1.54) is 5.56 Å². The van der Waals surface area contributed by atoms with Crippen molar-refractivity contribution >= 4 is 22.8 Å². The van der Waals surface area contributed by atoms with Gasteiger partial charge in [0, 0.05) is 12.6 Å². The van der Waals surface area contributed by atoms with Crippen LogP contribution >= 0.6 is 0 Å². The lowest BCUT2D eigenvalue weighted by Gasteiger charge is -2.08. The van der Waals surface area contributed by atoms with E-state index in [9.17, 15) is 14.4 Å². The molecular formula is C24H25NO5. The van der Waals surface area contributed by atoms with E-state index < -0.39 is 18.5 Å². The summed E-state index contributed by atoms with van der Waals surface area (Å²) in [5, 5.41) is 3.11. The first-order chi connectivity index (χ1) is 14.3. The molecule has 0 fully saturated rings. The summed E-state index contributed by atoms with van der Waals surface area (Å²) in [6, 6.07) is 14.5. The highest BCUT2D eigenvalue weighted by Crippen LogP contribution is 2.15. The summed E-state index contributed by atoms with van der Waals surface area (Å²) in [5.41, 5.74) is 3.26. The van der Waals surface area contributed by atoms with Crippen molar-refractivity contribution in [1.82, 2.24) is 5.32 Å². The van der Waals surface area contributed by atoms with Gasteiger partial charge >= 0.3 is 5.97 Å². The number of fused-ring (bicyclic) bond motifs is 1. The Morgan fingerprint density at radius 3 is 2.50 bits per heavy atom. The van der Waals surface area contributed by atoms with Gasteiger partial charge in [-0.05, 0) is 42.5 Å². The van der Waals surface area contributed by atoms with Crippen molar-refractivity contribution in [1.29, 1.82) is 0 Å². The molecule has 6 nitrogen and oxygen atoms in total. The minimum Gasteiger partial charge on any atom is -0.450 e. The molecule has 0 spiro atoms. The number of carbonyl (C=O) groups excluding carboxylic acids is 2. The molecular weight excluding hydrogens is 382 g/mol. The second kappa shape index (κ2) is 9.39. The van der Waals surface area contributed by atoms with Gasteiger partial charge in [0.1, 0.15) is 5.58 Å². The van der Waals surface area contributed by atoms with Gasteiger partial charge in [0.2, 0.25) is 5.76 Å². The fraction of sp³-hybridized carbons (Fsp3) is 0.292. The van der Waals surface area contributed by atoms with Gasteiger partial charge in [-0.15, -0.1) is 0 Å². The zero-order chi connectivity index (χ0) is 21.7. The number of carbonyl (C=O) groups is 2. The molecule has 1 N–H and O–H groups in total. The largest absolute Gasteiger partial charge is 0.450 e. The van der Waals surface area contributed by atoms with Crippen molar-refractivity contribution in [2.45, 2.75) is 33.1 Å². The van der Waals surface area contributed by atoms with E-state index >= 15 is 0 Å². The molecule has 0 aliphatic heterocycles. The summed E-state index contributed by atoms with van der Waals surface area (Å²) < 4.78 is 10.4. The number of amides is 1. The van der Waals surface area contributed by atoms with E-state index in [1.54, 1.807) is 18.2 Å². The van der Waals surface area contributed by atoms with Crippen LogP contribution in [-0.4, -0.2) is 25.0 Å². The highest BCUT2D eigenvalue weighted by Gasteiger charge is 2.15. The molecule has 1 amide bonds. The molecule has 2 aromatic carbocycles. The third kappa shape index (κ3) is 5.35. The number of benzene rings is 2. The van der Waals surface area contributed by atoms with Gasteiger partial charge < -0.3 is 14.5 Å². The molecule has 0 saturated carbocycles. The number of rotatable bonds is 7. The van der Waals surface area contributed by atoms with Crippen LogP contribution in [0.1, 0.15) is 47.0 Å². The summed E-state index contributed by atoms with van der Waals surface area (Å²) in [6.07, 6.45) is 0.678. The normalized spacial score (nSPS) is 10.9. The van der Waals surface area contributed by atoms with Crippen LogP contribution in [0.5, 0.6) is 0 Å². The molecule has 0 aliphatic rings. The molecule has 3 rings (SSSR count). The summed E-state index contributed by atoms with van der Waals surface area (Å²) in [4.78, 5) is 36.3. The van der Waals surface area contributed by atoms with E-state index in [0.717, 1.165) is 17.2 Å². The van der Waals surface area contributed by atoms with Gasteiger partial charge in [-0.1, -0.05) is 49.7 Å². The van der Waals surface area contributed by atoms with Crippen LogP contribution in [0.2, 0.25) is 0 Å². The summed E-state index contributed by atoms with van der Waals surface area (Å²) in [7, 11) is 0. The minimum absolute atomic E-state index is 0.227. The van der Waals surface area contributed by atoms with Crippen LogP contribution in [-0.2, 0) is 16.0 Å². The number of hydrogen-bond acceptors (Lipinski definition) is 5. The van der Waals surface area contributed by atoms with Crippen molar-refractivity contribution in [2.24, 2.45) is 0 Å². The Morgan fingerprint density at radius 2 is 1.80 bits per heavy atom. The van der Waals surface area contributed by atoms with Crippen LogP contribution in [0.25, 0.3) is 11.0 Å². The highest BCUT2D eigenvalue weighted by atomic mass is 16.5. The Morgan fingerprint density at radius 1 is 1.07 bits per heavy atom. The predicted molar refractivity (Wildman–Crippen MR) is 115 cm³/mol. The Labute approximate surface area is 174 Å². The van der Waals surface area contributed by atoms with Gasteiger partial charge in [-0.2, -0.15) is 0 Å². The number of nitrogens with one attached hydrogen (secondary N) is 1. The van der Waals surface area contributed by atoms with Crippen molar-refractivity contribution in [3.63, 3.8) is 0 Å². The molecule has 156 valence electrons. The fourth-order valence-electron chi connectivity index (χ4n) is 3.04. The summed E-state index contributed by atoms with van der Waals surface area (Å²) in [5.74, 6) is -1.02. The summed E-state index contributed by atoms with van der Waals surface area (Å²) in [6.45, 7) is 6.13. The molecule has 6 heteroatoms. The fourth-order valence-corrected chi connectivity index (χ4v) is 3.04. The lowest BCUT2D eigenvalue weighted by molar-refractivity contribution is -0.124. The maximum absolute atomic E-state index is 12.2. The monoisotopic (exact) mass is 407 g/mol. The van der Waals surface area contributed by atoms with Crippen LogP contribution in [0.4, 0.5) is 0 Å². The Bertz CT molecular complexity index is 1110. The van der Waals surface area contributed by atoms with E-state index in [4.69, 9.17) is 9.15 Å². The first-order valence-electron chi connectivity index (χ1n) is 9.90. The number of esters is 1. The van der Waals surface area contributed by atoms with Crippen LogP contribution in [0.3, 0.4) is 0 Å². The molecule has 1 aromatic heterocycles. The average Bonchev–Trinajstić information content (AvgIpc) is 2.72. The third-order valence-electron chi connectivity index (χ3n) is 4.80. The van der Waals surface area contributed by atoms with E-state index in [2.05, 4.69) is 31.3 Å². The Kier molecular flexibility index (Phi) is 6.67. The van der Waals surface area contributed by atoms with Crippen molar-refractivity contribution in [2.75, 3.05) is 13.2 Å². The van der Waals surface area contributed by atoms with Crippen molar-refractivity contribution in [3.05, 3.63) is 81.2 Å². The predicted octanol–water partition coefficient (Wildman–Crippen LogP) is 3.74. The molecule has 0 unspecified atom stereocenters. The molecule has 0 aliphatic carbocycles. The van der Waals surface area contributed by atoms with Gasteiger partial charge in [0.05, 0.1) is 5.39 Å². The first-order valence-corrected chi connectivity index (χ1v) is 9.90. The lowest BCUT2D eigenvalue weighted by Crippen LogP contribution is -2.30. The second-order valence-electron chi connectivity index (χ2n) is 7.55. The maximum atomic E-state index is 12.2. The molecule has 0 radical (unpaired) electrons. The maximum Gasteiger partial charge on any atom is 0.374 e. The average molecular weight is 407 g/mol. The van der Waals surface area contributed by atoms with E-state index in [-0.39, 0.29) is 11.2 Å². The second-order valence-corrected chi connectivity index (χ2v) is 7.55. The molecule has 1 heterocycles. The molecule has 0 bridgehead atoms. The van der Waals surface area contributed by atoms with Gasteiger partial charge in [-0.25, -0.2) is 4.79 Å². The minimum atomic E-state index is -0.853. The van der Waals surface area contributed by atoms with Gasteiger partial charge in [0.25, 0.3) is 5.91 Å². The Hall–Kier alpha value is -3.41. The first kappa shape index (κ1) is 21.3. The van der Waals surface area contributed by atoms with Crippen LogP contribution in [0.15, 0.2) is 57.7 Å². The molecule has 30 heavy (non-hydrogen) atoms. The SMILES string of the molecule is Cc1ccc2oc(C(=O)OCC(=O)NCCc3ccc(C(C)C)cc3)cc(=O)c2c1. The van der Waals surface area contributed by atoms with Crippen molar-refractivity contribution in [3.8, 4) is 0 Å². The Balaban J connectivity index is 1.49. The van der Waals surface area contributed by atoms with Gasteiger partial charge in [-0.3, -0.25) is 9.59 Å². The number of aryl methyl sites for hydroxylation is 1. The smallest absolute Gasteiger partial charge is 0.374 e. The highest BCUT2D eigenvalue weighted by molar-refractivity contribution is 5.90.